The minimum absolute atomic E-state index is 0.0118. The monoisotopic (exact) mass is 223 g/mol. The van der Waals surface area contributed by atoms with Crippen molar-refractivity contribution in [3.05, 3.63) is 17.5 Å². The second-order valence-electron chi connectivity index (χ2n) is 4.83. The summed E-state index contributed by atoms with van der Waals surface area (Å²) in [7, 11) is 0. The summed E-state index contributed by atoms with van der Waals surface area (Å²) in [6.07, 6.45) is 0. The van der Waals surface area contributed by atoms with Crippen LogP contribution in [0.1, 0.15) is 18.3 Å². The Bertz CT molecular complexity index is 415. The summed E-state index contributed by atoms with van der Waals surface area (Å²) < 4.78 is 1.70. The van der Waals surface area contributed by atoms with Crippen molar-refractivity contribution in [1.82, 2.24) is 14.7 Å². The first-order chi connectivity index (χ1) is 7.37. The summed E-state index contributed by atoms with van der Waals surface area (Å²) in [6.45, 7) is 6.67. The first-order valence-electron chi connectivity index (χ1n) is 5.39. The van der Waals surface area contributed by atoms with Crippen molar-refractivity contribution < 1.29 is 9.90 Å². The summed E-state index contributed by atoms with van der Waals surface area (Å²) in [5, 5.41) is 13.8. The van der Waals surface area contributed by atoms with E-state index in [4.69, 9.17) is 0 Å². The number of β-amino-alcohol motifs (C(OH)–C–C–N with tert-alkyl or cyclic N) is 1. The highest BCUT2D eigenvalue weighted by Crippen LogP contribution is 2.20. The molecule has 1 aliphatic rings. The molecule has 0 saturated carbocycles. The first kappa shape index (κ1) is 11.1. The van der Waals surface area contributed by atoms with Gasteiger partial charge in [0.2, 0.25) is 5.91 Å². The molecule has 1 N–H and O–H groups in total. The molecule has 0 bridgehead atoms. The summed E-state index contributed by atoms with van der Waals surface area (Å²) in [4.78, 5) is 13.4. The van der Waals surface area contributed by atoms with Crippen molar-refractivity contribution in [1.29, 1.82) is 0 Å². The van der Waals surface area contributed by atoms with Gasteiger partial charge in [-0.15, -0.1) is 0 Å². The average molecular weight is 223 g/mol. The van der Waals surface area contributed by atoms with Crippen LogP contribution in [0, 0.1) is 13.8 Å². The average Bonchev–Trinajstić information content (AvgIpc) is 2.41. The number of amides is 1. The number of hydrogen-bond acceptors (Lipinski definition) is 3. The van der Waals surface area contributed by atoms with Crippen LogP contribution < -0.4 is 0 Å². The maximum Gasteiger partial charge on any atom is 0.244 e. The first-order valence-corrected chi connectivity index (χ1v) is 5.39. The molecule has 0 spiro atoms. The highest BCUT2D eigenvalue weighted by molar-refractivity contribution is 5.77. The molecule has 0 aliphatic carbocycles. The number of aryl methyl sites for hydroxylation is 2. The molecule has 16 heavy (non-hydrogen) atoms. The molecule has 2 heterocycles. The Labute approximate surface area is 94.7 Å². The smallest absolute Gasteiger partial charge is 0.244 e. The van der Waals surface area contributed by atoms with Crippen molar-refractivity contribution in [2.75, 3.05) is 13.1 Å². The zero-order valence-corrected chi connectivity index (χ0v) is 9.90. The third kappa shape index (κ3) is 2.09. The number of nitrogens with zero attached hydrogens (tertiary/aromatic N) is 3. The van der Waals surface area contributed by atoms with Crippen molar-refractivity contribution in [3.8, 4) is 0 Å². The van der Waals surface area contributed by atoms with Gasteiger partial charge < -0.3 is 10.0 Å². The number of rotatable bonds is 2. The lowest BCUT2D eigenvalue weighted by Gasteiger charge is -2.44. The van der Waals surface area contributed by atoms with E-state index in [2.05, 4.69) is 5.10 Å². The molecule has 0 radical (unpaired) electrons. The molecule has 1 fully saturated rings. The normalized spacial score (nSPS) is 18.4. The van der Waals surface area contributed by atoms with Gasteiger partial charge in [-0.25, -0.2) is 0 Å². The zero-order chi connectivity index (χ0) is 11.9. The lowest BCUT2D eigenvalue weighted by molar-refractivity contribution is -0.153. The molecule has 1 saturated heterocycles. The van der Waals surface area contributed by atoms with Gasteiger partial charge >= 0.3 is 0 Å². The second-order valence-corrected chi connectivity index (χ2v) is 4.83. The van der Waals surface area contributed by atoms with Gasteiger partial charge in [0.1, 0.15) is 6.54 Å². The maximum absolute atomic E-state index is 11.8. The fourth-order valence-electron chi connectivity index (χ4n) is 2.02. The Kier molecular flexibility index (Phi) is 2.50. The largest absolute Gasteiger partial charge is 0.386 e. The lowest BCUT2D eigenvalue weighted by atomic mass is 9.97. The Balaban J connectivity index is 1.96. The Hall–Kier alpha value is -1.36. The Morgan fingerprint density at radius 3 is 2.62 bits per heavy atom. The summed E-state index contributed by atoms with van der Waals surface area (Å²) >= 11 is 0. The van der Waals surface area contributed by atoms with Gasteiger partial charge in [0.05, 0.1) is 24.4 Å². The third-order valence-electron chi connectivity index (χ3n) is 2.80. The predicted octanol–water partition coefficient (Wildman–Crippen LogP) is 0.0931. The van der Waals surface area contributed by atoms with Crippen molar-refractivity contribution in [2.45, 2.75) is 32.9 Å². The molecule has 0 atom stereocenters. The number of aliphatic hydroxyl groups is 1. The molecule has 1 aromatic heterocycles. The van der Waals surface area contributed by atoms with E-state index < -0.39 is 5.60 Å². The van der Waals surface area contributed by atoms with Gasteiger partial charge in [0.15, 0.2) is 0 Å². The van der Waals surface area contributed by atoms with Crippen molar-refractivity contribution in [3.63, 3.8) is 0 Å². The second kappa shape index (κ2) is 3.59. The molecule has 1 amide bonds. The van der Waals surface area contributed by atoms with Gasteiger partial charge in [-0.2, -0.15) is 5.10 Å². The fourth-order valence-corrected chi connectivity index (χ4v) is 2.02. The number of hydrogen-bond donors (Lipinski definition) is 1. The molecule has 1 aromatic rings. The quantitative estimate of drug-likeness (QED) is 0.773. The van der Waals surface area contributed by atoms with Crippen LogP contribution in [0.15, 0.2) is 6.07 Å². The topological polar surface area (TPSA) is 58.4 Å². The van der Waals surface area contributed by atoms with Gasteiger partial charge in [-0.05, 0) is 26.8 Å². The molecule has 88 valence electrons. The van der Waals surface area contributed by atoms with Gasteiger partial charge in [0.25, 0.3) is 0 Å². The minimum Gasteiger partial charge on any atom is -0.386 e. The molecule has 0 unspecified atom stereocenters. The highest BCUT2D eigenvalue weighted by Gasteiger charge is 2.39. The maximum atomic E-state index is 11.8. The van der Waals surface area contributed by atoms with Crippen LogP contribution in [-0.2, 0) is 11.3 Å². The zero-order valence-electron chi connectivity index (χ0n) is 9.90. The van der Waals surface area contributed by atoms with E-state index in [9.17, 15) is 9.90 Å². The van der Waals surface area contributed by atoms with E-state index in [0.29, 0.717) is 13.1 Å². The standard InChI is InChI=1S/C11H17N3O2/c1-8-4-9(2)14(12-8)5-10(15)13-6-11(3,16)7-13/h4,16H,5-7H2,1-3H3. The summed E-state index contributed by atoms with van der Waals surface area (Å²) in [5.74, 6) is 0.0118. The molecule has 5 heteroatoms. The van der Waals surface area contributed by atoms with Crippen LogP contribution in [0.2, 0.25) is 0 Å². The predicted molar refractivity (Wildman–Crippen MR) is 58.9 cm³/mol. The molecule has 0 aromatic carbocycles. The molecule has 5 nitrogen and oxygen atoms in total. The number of carbonyl (C=O) groups excluding carboxylic acids is 1. The molecular weight excluding hydrogens is 206 g/mol. The van der Waals surface area contributed by atoms with E-state index in [1.165, 1.54) is 0 Å². The highest BCUT2D eigenvalue weighted by atomic mass is 16.3. The van der Waals surface area contributed by atoms with Crippen molar-refractivity contribution >= 4 is 5.91 Å². The molecule has 2 rings (SSSR count). The van der Waals surface area contributed by atoms with Gasteiger partial charge in [-0.3, -0.25) is 9.48 Å². The number of likely N-dealkylation sites (tertiary alicyclic amines) is 1. The van der Waals surface area contributed by atoms with Crippen LogP contribution in [0.5, 0.6) is 0 Å². The van der Waals surface area contributed by atoms with Crippen LogP contribution >= 0.6 is 0 Å². The van der Waals surface area contributed by atoms with E-state index in [1.807, 2.05) is 19.9 Å². The Morgan fingerprint density at radius 2 is 2.19 bits per heavy atom. The van der Waals surface area contributed by atoms with E-state index in [1.54, 1.807) is 16.5 Å². The SMILES string of the molecule is Cc1cc(C)n(CC(=O)N2CC(C)(O)C2)n1. The molecule has 1 aliphatic heterocycles. The minimum atomic E-state index is -0.704. The van der Waals surface area contributed by atoms with Crippen LogP contribution in [-0.4, -0.2) is 44.4 Å². The van der Waals surface area contributed by atoms with E-state index in [0.717, 1.165) is 11.4 Å². The van der Waals surface area contributed by atoms with Crippen LogP contribution in [0.3, 0.4) is 0 Å². The van der Waals surface area contributed by atoms with Gasteiger partial charge in [0, 0.05) is 5.69 Å². The third-order valence-corrected chi connectivity index (χ3v) is 2.80. The lowest BCUT2D eigenvalue weighted by Crippen LogP contribution is -2.62. The fraction of sp³-hybridized carbons (Fsp3) is 0.636. The Morgan fingerprint density at radius 1 is 1.56 bits per heavy atom. The van der Waals surface area contributed by atoms with E-state index in [-0.39, 0.29) is 12.5 Å². The van der Waals surface area contributed by atoms with Crippen molar-refractivity contribution in [2.24, 2.45) is 0 Å². The number of aromatic nitrogens is 2. The van der Waals surface area contributed by atoms with Gasteiger partial charge in [-0.1, -0.05) is 0 Å². The molecular formula is C11H17N3O2. The van der Waals surface area contributed by atoms with Crippen LogP contribution in [0.4, 0.5) is 0 Å². The summed E-state index contributed by atoms with van der Waals surface area (Å²) in [6, 6.07) is 1.94. The number of carbonyl (C=O) groups is 1. The van der Waals surface area contributed by atoms with Crippen LogP contribution in [0.25, 0.3) is 0 Å². The van der Waals surface area contributed by atoms with E-state index >= 15 is 0 Å². The summed E-state index contributed by atoms with van der Waals surface area (Å²) in [5.41, 5.74) is 1.20.